The number of amides is 1. The molecule has 2 aromatic carbocycles. The molecule has 3 rings (SSSR count). The molecule has 0 saturated carbocycles. The average molecular weight is 456 g/mol. The Bertz CT molecular complexity index is 1060. The maximum atomic E-state index is 12.2. The summed E-state index contributed by atoms with van der Waals surface area (Å²) in [6.45, 7) is 7.72. The van der Waals surface area contributed by atoms with Crippen LogP contribution in [0.15, 0.2) is 52.1 Å². The van der Waals surface area contributed by atoms with Crippen molar-refractivity contribution in [3.63, 3.8) is 0 Å². The number of carbonyl (C=O) groups is 2. The summed E-state index contributed by atoms with van der Waals surface area (Å²) in [7, 11) is 0. The van der Waals surface area contributed by atoms with Gasteiger partial charge in [-0.1, -0.05) is 17.8 Å². The predicted octanol–water partition coefficient (Wildman–Crippen LogP) is 4.56. The van der Waals surface area contributed by atoms with Gasteiger partial charge >= 0.3 is 5.97 Å². The lowest BCUT2D eigenvalue weighted by molar-refractivity contribution is -0.113. The summed E-state index contributed by atoms with van der Waals surface area (Å²) in [5.74, 6) is 0.520. The molecule has 0 aliphatic carbocycles. The standard InChI is InChI=1S/C23H25N3O5S/c1-14(2)30-22(28)17-5-7-18(8-6-17)24-20(27)13-32-23-26-25-21(31-23)12-29-19-10-15(3)9-16(4)11-19/h5-11,14H,12-13H2,1-4H3,(H,24,27). The average Bonchev–Trinajstić information content (AvgIpc) is 3.18. The van der Waals surface area contributed by atoms with Crippen molar-refractivity contribution in [2.24, 2.45) is 0 Å². The minimum absolute atomic E-state index is 0.0940. The summed E-state index contributed by atoms with van der Waals surface area (Å²) >= 11 is 1.13. The third-order valence-corrected chi connectivity index (χ3v) is 4.90. The van der Waals surface area contributed by atoms with Crippen molar-refractivity contribution in [1.29, 1.82) is 0 Å². The number of hydrogen-bond acceptors (Lipinski definition) is 8. The van der Waals surface area contributed by atoms with Crippen LogP contribution in [-0.4, -0.2) is 33.9 Å². The van der Waals surface area contributed by atoms with E-state index in [1.165, 1.54) is 0 Å². The van der Waals surface area contributed by atoms with Gasteiger partial charge in [-0.25, -0.2) is 4.79 Å². The Morgan fingerprint density at radius 2 is 1.75 bits per heavy atom. The summed E-state index contributed by atoms with van der Waals surface area (Å²) < 4.78 is 16.4. The minimum atomic E-state index is -0.401. The Labute approximate surface area is 190 Å². The van der Waals surface area contributed by atoms with Crippen LogP contribution in [0, 0.1) is 13.8 Å². The molecule has 1 amide bonds. The molecule has 0 radical (unpaired) electrons. The van der Waals surface area contributed by atoms with Gasteiger partial charge in [-0.15, -0.1) is 10.2 Å². The number of esters is 1. The van der Waals surface area contributed by atoms with Crippen molar-refractivity contribution in [3.8, 4) is 5.75 Å². The lowest BCUT2D eigenvalue weighted by atomic mass is 10.1. The predicted molar refractivity (Wildman–Crippen MR) is 121 cm³/mol. The number of rotatable bonds is 9. The topological polar surface area (TPSA) is 104 Å². The van der Waals surface area contributed by atoms with E-state index < -0.39 is 5.97 Å². The van der Waals surface area contributed by atoms with Crippen LogP contribution in [0.2, 0.25) is 0 Å². The molecular formula is C23H25N3O5S. The van der Waals surface area contributed by atoms with Crippen LogP contribution in [-0.2, 0) is 16.1 Å². The molecule has 168 valence electrons. The second-order valence-corrected chi connectivity index (χ2v) is 8.37. The van der Waals surface area contributed by atoms with Gasteiger partial charge in [-0.3, -0.25) is 4.79 Å². The summed E-state index contributed by atoms with van der Waals surface area (Å²) in [6, 6.07) is 12.4. The molecule has 32 heavy (non-hydrogen) atoms. The number of thioether (sulfide) groups is 1. The third-order valence-electron chi connectivity index (χ3n) is 4.08. The molecule has 0 aliphatic rings. The van der Waals surface area contributed by atoms with Gasteiger partial charge in [0.2, 0.25) is 5.91 Å². The van der Waals surface area contributed by atoms with Crippen LogP contribution in [0.5, 0.6) is 5.75 Å². The zero-order chi connectivity index (χ0) is 23.1. The first-order chi connectivity index (χ1) is 15.3. The molecule has 0 saturated heterocycles. The lowest BCUT2D eigenvalue weighted by Crippen LogP contribution is -2.14. The molecule has 0 atom stereocenters. The van der Waals surface area contributed by atoms with Crippen molar-refractivity contribution < 1.29 is 23.5 Å². The van der Waals surface area contributed by atoms with Crippen LogP contribution < -0.4 is 10.1 Å². The molecule has 1 aromatic heterocycles. The first-order valence-electron chi connectivity index (χ1n) is 10.1. The number of hydrogen-bond donors (Lipinski definition) is 1. The Morgan fingerprint density at radius 3 is 2.41 bits per heavy atom. The van der Waals surface area contributed by atoms with E-state index in [2.05, 4.69) is 21.6 Å². The van der Waals surface area contributed by atoms with E-state index in [9.17, 15) is 9.59 Å². The van der Waals surface area contributed by atoms with Crippen molar-refractivity contribution in [2.45, 2.75) is 45.6 Å². The number of benzene rings is 2. The summed E-state index contributed by atoms with van der Waals surface area (Å²) in [5, 5.41) is 10.9. The number of nitrogens with one attached hydrogen (secondary N) is 1. The van der Waals surface area contributed by atoms with Crippen LogP contribution in [0.25, 0.3) is 0 Å². The van der Waals surface area contributed by atoms with Gasteiger partial charge in [0.25, 0.3) is 11.1 Å². The molecule has 8 nitrogen and oxygen atoms in total. The Kier molecular flexibility index (Phi) is 7.88. The van der Waals surface area contributed by atoms with E-state index in [4.69, 9.17) is 13.9 Å². The van der Waals surface area contributed by atoms with Gasteiger partial charge in [0, 0.05) is 5.69 Å². The van der Waals surface area contributed by atoms with Crippen LogP contribution in [0.4, 0.5) is 5.69 Å². The van der Waals surface area contributed by atoms with Crippen molar-refractivity contribution in [2.75, 3.05) is 11.1 Å². The number of aryl methyl sites for hydroxylation is 2. The maximum Gasteiger partial charge on any atom is 0.338 e. The van der Waals surface area contributed by atoms with Gasteiger partial charge in [-0.05, 0) is 75.2 Å². The van der Waals surface area contributed by atoms with Crippen molar-refractivity contribution >= 4 is 29.3 Å². The Hall–Kier alpha value is -3.33. The van der Waals surface area contributed by atoms with Gasteiger partial charge in [0.15, 0.2) is 6.61 Å². The molecule has 0 bridgehead atoms. The van der Waals surface area contributed by atoms with Crippen molar-refractivity contribution in [3.05, 3.63) is 65.0 Å². The minimum Gasteiger partial charge on any atom is -0.484 e. The van der Waals surface area contributed by atoms with E-state index >= 15 is 0 Å². The van der Waals surface area contributed by atoms with Crippen molar-refractivity contribution in [1.82, 2.24) is 10.2 Å². The second kappa shape index (κ2) is 10.8. The zero-order valence-corrected chi connectivity index (χ0v) is 19.2. The fourth-order valence-corrected chi connectivity index (χ4v) is 3.39. The highest BCUT2D eigenvalue weighted by molar-refractivity contribution is 7.99. The zero-order valence-electron chi connectivity index (χ0n) is 18.4. The third kappa shape index (κ3) is 7.12. The lowest BCUT2D eigenvalue weighted by Gasteiger charge is -2.08. The number of anilines is 1. The van der Waals surface area contributed by atoms with Gasteiger partial charge in [-0.2, -0.15) is 0 Å². The van der Waals surface area contributed by atoms with Crippen LogP contribution in [0.1, 0.15) is 41.2 Å². The summed E-state index contributed by atoms with van der Waals surface area (Å²) in [5.41, 5.74) is 3.22. The number of nitrogens with zero attached hydrogens (tertiary/aromatic N) is 2. The number of aromatic nitrogens is 2. The highest BCUT2D eigenvalue weighted by Gasteiger charge is 2.12. The van der Waals surface area contributed by atoms with Crippen LogP contribution in [0.3, 0.4) is 0 Å². The quantitative estimate of drug-likeness (QED) is 0.370. The molecule has 0 fully saturated rings. The molecule has 9 heteroatoms. The molecule has 0 spiro atoms. The Morgan fingerprint density at radius 1 is 1.06 bits per heavy atom. The van der Waals surface area contributed by atoms with E-state index in [0.717, 1.165) is 28.6 Å². The number of ether oxygens (including phenoxy) is 2. The second-order valence-electron chi connectivity index (χ2n) is 7.44. The first kappa shape index (κ1) is 23.3. The molecule has 1 heterocycles. The molecular weight excluding hydrogens is 430 g/mol. The van der Waals surface area contributed by atoms with Crippen LogP contribution >= 0.6 is 11.8 Å². The van der Waals surface area contributed by atoms with E-state index in [1.807, 2.05) is 26.0 Å². The van der Waals surface area contributed by atoms with E-state index in [-0.39, 0.29) is 29.6 Å². The maximum absolute atomic E-state index is 12.2. The normalized spacial score (nSPS) is 10.8. The van der Waals surface area contributed by atoms with E-state index in [1.54, 1.807) is 38.1 Å². The smallest absolute Gasteiger partial charge is 0.338 e. The van der Waals surface area contributed by atoms with E-state index in [0.29, 0.717) is 17.1 Å². The highest BCUT2D eigenvalue weighted by atomic mass is 32.2. The molecule has 0 aliphatic heterocycles. The first-order valence-corrected chi connectivity index (χ1v) is 11.0. The fraction of sp³-hybridized carbons (Fsp3) is 0.304. The number of carbonyl (C=O) groups excluding carboxylic acids is 2. The molecule has 1 N–H and O–H groups in total. The summed E-state index contributed by atoms with van der Waals surface area (Å²) in [4.78, 5) is 24.1. The Balaban J connectivity index is 1.45. The summed E-state index contributed by atoms with van der Waals surface area (Å²) in [6.07, 6.45) is -0.192. The van der Waals surface area contributed by atoms with Gasteiger partial charge < -0.3 is 19.2 Å². The fourth-order valence-electron chi connectivity index (χ4n) is 2.81. The molecule has 0 unspecified atom stereocenters. The monoisotopic (exact) mass is 455 g/mol. The largest absolute Gasteiger partial charge is 0.484 e. The molecule has 3 aromatic rings. The SMILES string of the molecule is Cc1cc(C)cc(OCc2nnc(SCC(=O)Nc3ccc(C(=O)OC(C)C)cc3)o2)c1. The highest BCUT2D eigenvalue weighted by Crippen LogP contribution is 2.20. The van der Waals surface area contributed by atoms with Gasteiger partial charge in [0.05, 0.1) is 17.4 Å². The van der Waals surface area contributed by atoms with Gasteiger partial charge in [0.1, 0.15) is 5.75 Å².